The number of carbonyl (C=O) groups excluding carboxylic acids is 1. The Morgan fingerprint density at radius 2 is 1.90 bits per heavy atom. The molecule has 3 N–H and O–H groups in total. The Labute approximate surface area is 117 Å². The van der Waals surface area contributed by atoms with Gasteiger partial charge < -0.3 is 15.7 Å². The van der Waals surface area contributed by atoms with Crippen LogP contribution in [-0.2, 0) is 11.2 Å². The summed E-state index contributed by atoms with van der Waals surface area (Å²) in [6, 6.07) is 7.17. The largest absolute Gasteiger partial charge is 0.481 e. The molecule has 0 radical (unpaired) electrons. The van der Waals surface area contributed by atoms with Crippen LogP contribution < -0.4 is 10.6 Å². The maximum atomic E-state index is 11.9. The molecule has 5 heteroatoms. The Balaban J connectivity index is 1.93. The molecular weight excluding hydrogens is 256 g/mol. The second kappa shape index (κ2) is 6.75. The van der Waals surface area contributed by atoms with Gasteiger partial charge in [-0.05, 0) is 30.9 Å². The van der Waals surface area contributed by atoms with Gasteiger partial charge in [-0.15, -0.1) is 0 Å². The predicted molar refractivity (Wildman–Crippen MR) is 76.7 cm³/mol. The van der Waals surface area contributed by atoms with E-state index in [9.17, 15) is 9.59 Å². The topological polar surface area (TPSA) is 78.4 Å². The number of amides is 2. The standard InChI is InChI=1S/C15H18N2O3/c18-14(19)10-9-11-5-1-4-8-13(11)17-15(20)16-12-6-2-3-7-12/h1-5,8,12H,6-7,9-10H2,(H,18,19)(H2,16,17,20). The first-order chi connectivity index (χ1) is 9.65. The van der Waals surface area contributed by atoms with Gasteiger partial charge in [0.1, 0.15) is 0 Å². The summed E-state index contributed by atoms with van der Waals surface area (Å²) >= 11 is 0. The van der Waals surface area contributed by atoms with Crippen LogP contribution in [0, 0.1) is 0 Å². The molecule has 0 aromatic heterocycles. The van der Waals surface area contributed by atoms with Crippen molar-refractivity contribution in [1.82, 2.24) is 5.32 Å². The lowest BCUT2D eigenvalue weighted by atomic mass is 10.1. The molecule has 0 atom stereocenters. The normalized spacial score (nSPS) is 14.2. The van der Waals surface area contributed by atoms with Crippen molar-refractivity contribution in [1.29, 1.82) is 0 Å². The van der Waals surface area contributed by atoms with Crippen molar-refractivity contribution in [3.8, 4) is 0 Å². The van der Waals surface area contributed by atoms with E-state index in [0.717, 1.165) is 18.4 Å². The summed E-state index contributed by atoms with van der Waals surface area (Å²) in [5, 5.41) is 14.4. The van der Waals surface area contributed by atoms with Crippen LogP contribution in [0.2, 0.25) is 0 Å². The highest BCUT2D eigenvalue weighted by Gasteiger charge is 2.14. The van der Waals surface area contributed by atoms with Crippen molar-refractivity contribution in [3.05, 3.63) is 42.0 Å². The Hall–Kier alpha value is -2.30. The van der Waals surface area contributed by atoms with Gasteiger partial charge >= 0.3 is 12.0 Å². The second-order valence-corrected chi connectivity index (χ2v) is 4.79. The molecule has 5 nitrogen and oxygen atoms in total. The van der Waals surface area contributed by atoms with E-state index in [0.29, 0.717) is 12.1 Å². The lowest BCUT2D eigenvalue weighted by molar-refractivity contribution is -0.136. The molecule has 1 aromatic rings. The molecule has 106 valence electrons. The molecular formula is C15H18N2O3. The lowest BCUT2D eigenvalue weighted by Gasteiger charge is -2.15. The zero-order chi connectivity index (χ0) is 14.4. The zero-order valence-electron chi connectivity index (χ0n) is 11.1. The molecule has 2 rings (SSSR count). The fourth-order valence-corrected chi connectivity index (χ4v) is 2.18. The van der Waals surface area contributed by atoms with E-state index in [4.69, 9.17) is 5.11 Å². The van der Waals surface area contributed by atoms with Crippen molar-refractivity contribution >= 4 is 17.7 Å². The SMILES string of the molecule is O=C(O)CCc1ccccc1NC(=O)NC1CC=CC1. The van der Waals surface area contributed by atoms with E-state index < -0.39 is 5.97 Å². The third-order valence-electron chi connectivity index (χ3n) is 3.22. The first kappa shape index (κ1) is 14.1. The predicted octanol–water partition coefficient (Wildman–Crippen LogP) is 2.54. The number of benzene rings is 1. The van der Waals surface area contributed by atoms with Crippen LogP contribution in [0.3, 0.4) is 0 Å². The smallest absolute Gasteiger partial charge is 0.319 e. The van der Waals surface area contributed by atoms with E-state index in [-0.39, 0.29) is 18.5 Å². The molecule has 20 heavy (non-hydrogen) atoms. The van der Waals surface area contributed by atoms with Crippen LogP contribution in [0.25, 0.3) is 0 Å². The Morgan fingerprint density at radius 1 is 1.20 bits per heavy atom. The van der Waals surface area contributed by atoms with E-state index in [2.05, 4.69) is 10.6 Å². The maximum Gasteiger partial charge on any atom is 0.319 e. The van der Waals surface area contributed by atoms with Crippen molar-refractivity contribution in [3.63, 3.8) is 0 Å². The van der Waals surface area contributed by atoms with Crippen molar-refractivity contribution in [2.45, 2.75) is 31.7 Å². The molecule has 0 bridgehead atoms. The molecule has 0 saturated carbocycles. The van der Waals surface area contributed by atoms with Gasteiger partial charge in [-0.25, -0.2) is 4.79 Å². The van der Waals surface area contributed by atoms with Crippen molar-refractivity contribution in [2.75, 3.05) is 5.32 Å². The Bertz CT molecular complexity index is 518. The molecule has 2 amide bonds. The fraction of sp³-hybridized carbons (Fsp3) is 0.333. The van der Waals surface area contributed by atoms with E-state index in [1.165, 1.54) is 0 Å². The van der Waals surface area contributed by atoms with Gasteiger partial charge in [0.2, 0.25) is 0 Å². The van der Waals surface area contributed by atoms with Gasteiger partial charge in [0.05, 0.1) is 0 Å². The van der Waals surface area contributed by atoms with Crippen LogP contribution in [0.1, 0.15) is 24.8 Å². The molecule has 0 unspecified atom stereocenters. The number of aryl methyl sites for hydroxylation is 1. The van der Waals surface area contributed by atoms with Crippen molar-refractivity contribution < 1.29 is 14.7 Å². The molecule has 1 aromatic carbocycles. The van der Waals surface area contributed by atoms with Crippen LogP contribution in [0.15, 0.2) is 36.4 Å². The highest BCUT2D eigenvalue weighted by Crippen LogP contribution is 2.17. The minimum Gasteiger partial charge on any atom is -0.481 e. The number of urea groups is 1. The number of nitrogens with one attached hydrogen (secondary N) is 2. The molecule has 0 spiro atoms. The number of hydrogen-bond donors (Lipinski definition) is 3. The Morgan fingerprint density at radius 3 is 2.60 bits per heavy atom. The number of anilines is 1. The zero-order valence-corrected chi connectivity index (χ0v) is 11.1. The summed E-state index contributed by atoms with van der Waals surface area (Å²) in [5.74, 6) is -0.846. The third kappa shape index (κ3) is 4.12. The second-order valence-electron chi connectivity index (χ2n) is 4.79. The number of carboxylic acid groups (broad SMARTS) is 1. The number of para-hydroxylation sites is 1. The summed E-state index contributed by atoms with van der Waals surface area (Å²) in [6.45, 7) is 0. The number of rotatable bonds is 5. The highest BCUT2D eigenvalue weighted by atomic mass is 16.4. The van der Waals surface area contributed by atoms with Crippen LogP contribution >= 0.6 is 0 Å². The molecule has 0 aliphatic heterocycles. The fourth-order valence-electron chi connectivity index (χ4n) is 2.18. The summed E-state index contributed by atoms with van der Waals surface area (Å²) in [5.41, 5.74) is 1.49. The van der Waals surface area contributed by atoms with E-state index in [1.807, 2.05) is 30.4 Å². The lowest BCUT2D eigenvalue weighted by Crippen LogP contribution is -2.36. The molecule has 0 fully saturated rings. The number of aliphatic carboxylic acids is 1. The van der Waals surface area contributed by atoms with E-state index in [1.54, 1.807) is 6.07 Å². The monoisotopic (exact) mass is 274 g/mol. The van der Waals surface area contributed by atoms with E-state index >= 15 is 0 Å². The minimum absolute atomic E-state index is 0.0485. The number of carbonyl (C=O) groups is 2. The summed E-state index contributed by atoms with van der Waals surface area (Å²) < 4.78 is 0. The van der Waals surface area contributed by atoms with Gasteiger partial charge in [0, 0.05) is 18.2 Å². The van der Waals surface area contributed by atoms with Crippen molar-refractivity contribution in [2.24, 2.45) is 0 Å². The quantitative estimate of drug-likeness (QED) is 0.722. The summed E-state index contributed by atoms with van der Waals surface area (Å²) in [7, 11) is 0. The first-order valence-corrected chi connectivity index (χ1v) is 6.67. The summed E-state index contributed by atoms with van der Waals surface area (Å²) in [4.78, 5) is 22.5. The van der Waals surface area contributed by atoms with Gasteiger partial charge in [-0.2, -0.15) is 0 Å². The first-order valence-electron chi connectivity index (χ1n) is 6.67. The van der Waals surface area contributed by atoms with Gasteiger partial charge in [-0.1, -0.05) is 30.4 Å². The average molecular weight is 274 g/mol. The third-order valence-corrected chi connectivity index (χ3v) is 3.22. The van der Waals surface area contributed by atoms with Gasteiger partial charge in [0.15, 0.2) is 0 Å². The minimum atomic E-state index is -0.846. The van der Waals surface area contributed by atoms with Gasteiger partial charge in [0.25, 0.3) is 0 Å². The van der Waals surface area contributed by atoms with Crippen LogP contribution in [-0.4, -0.2) is 23.1 Å². The van der Waals surface area contributed by atoms with Gasteiger partial charge in [-0.3, -0.25) is 4.79 Å². The average Bonchev–Trinajstić information content (AvgIpc) is 2.90. The number of carboxylic acids is 1. The molecule has 1 aliphatic carbocycles. The van der Waals surface area contributed by atoms with Crippen LogP contribution in [0.5, 0.6) is 0 Å². The van der Waals surface area contributed by atoms with Crippen LogP contribution in [0.4, 0.5) is 10.5 Å². The molecule has 0 heterocycles. The highest BCUT2D eigenvalue weighted by molar-refractivity contribution is 5.90. The maximum absolute atomic E-state index is 11.9. The summed E-state index contributed by atoms with van der Waals surface area (Å²) in [6.07, 6.45) is 6.25. The molecule has 0 saturated heterocycles. The molecule has 1 aliphatic rings. The number of hydrogen-bond acceptors (Lipinski definition) is 2. The Kier molecular flexibility index (Phi) is 4.76.